The van der Waals surface area contributed by atoms with Crippen molar-refractivity contribution in [1.82, 2.24) is 4.90 Å². The molecule has 0 radical (unpaired) electrons. The highest BCUT2D eigenvalue weighted by Gasteiger charge is 2.22. The Morgan fingerprint density at radius 3 is 2.54 bits per heavy atom. The Labute approximate surface area is 158 Å². The number of carbonyl (C=O) groups excluding carboxylic acids is 1. The summed E-state index contributed by atoms with van der Waals surface area (Å²) in [4.78, 5) is 15.3. The summed E-state index contributed by atoms with van der Waals surface area (Å²) in [5.41, 5.74) is 0.759. The highest BCUT2D eigenvalue weighted by molar-refractivity contribution is 7.86. The van der Waals surface area contributed by atoms with E-state index in [1.807, 2.05) is 25.3 Å². The predicted molar refractivity (Wildman–Crippen MR) is 102 cm³/mol. The molecule has 8 heteroatoms. The molecule has 142 valence electrons. The average molecular weight is 398 g/mol. The number of ether oxygens (including phenoxy) is 1. The lowest BCUT2D eigenvalue weighted by Crippen LogP contribution is -2.37. The van der Waals surface area contributed by atoms with Gasteiger partial charge in [-0.05, 0) is 42.5 Å². The number of carbonyl (C=O) groups is 1. The van der Waals surface area contributed by atoms with Crippen molar-refractivity contribution in [3.63, 3.8) is 0 Å². The number of nitrogens with zero attached hydrogens (tertiary/aromatic N) is 1. The molecule has 0 unspecified atom stereocenters. The molecule has 1 aromatic heterocycles. The number of hydrogen-bond donors (Lipinski definition) is 0. The number of benzene rings is 1. The Balaban J connectivity index is 2.33. The molecule has 0 aliphatic rings. The second-order valence-electron chi connectivity index (χ2n) is 5.94. The predicted octanol–water partition coefficient (Wildman–Crippen LogP) is 3.54. The second kappa shape index (κ2) is 8.55. The number of methoxy groups -OCH3 is 1. The van der Waals surface area contributed by atoms with E-state index < -0.39 is 10.1 Å². The van der Waals surface area contributed by atoms with E-state index in [1.165, 1.54) is 18.4 Å². The molecular weight excluding hydrogens is 374 g/mol. The van der Waals surface area contributed by atoms with Gasteiger partial charge in [0.05, 0.1) is 18.2 Å². The van der Waals surface area contributed by atoms with Gasteiger partial charge in [-0.3, -0.25) is 4.79 Å². The average Bonchev–Trinajstić information content (AvgIpc) is 3.12. The molecule has 2 aromatic rings. The van der Waals surface area contributed by atoms with Crippen molar-refractivity contribution < 1.29 is 22.1 Å². The van der Waals surface area contributed by atoms with Crippen LogP contribution in [0, 0.1) is 0 Å². The minimum absolute atomic E-state index is 0.0333. The van der Waals surface area contributed by atoms with Crippen molar-refractivity contribution in [3.8, 4) is 11.5 Å². The highest BCUT2D eigenvalue weighted by Crippen LogP contribution is 2.30. The van der Waals surface area contributed by atoms with Crippen LogP contribution in [-0.2, 0) is 16.7 Å². The van der Waals surface area contributed by atoms with E-state index in [0.29, 0.717) is 17.2 Å². The van der Waals surface area contributed by atoms with Gasteiger partial charge in [0.15, 0.2) is 11.5 Å². The standard InChI is InChI=1S/C18H23NO5S2/c1-5-13(2)19(18(20)17-7-6-10-25-17)12-14-8-9-15(23-3)16(11-14)24-26(4,21)22/h6-11,13H,5,12H2,1-4H3/t13-/m0/s1. The first kappa shape index (κ1) is 20.3. The van der Waals surface area contributed by atoms with Gasteiger partial charge in [0, 0.05) is 12.6 Å². The van der Waals surface area contributed by atoms with Gasteiger partial charge in [-0.2, -0.15) is 8.42 Å². The largest absolute Gasteiger partial charge is 0.493 e. The maximum absolute atomic E-state index is 12.8. The van der Waals surface area contributed by atoms with Crippen LogP contribution in [0.4, 0.5) is 0 Å². The van der Waals surface area contributed by atoms with Gasteiger partial charge in [-0.1, -0.05) is 19.1 Å². The first-order valence-corrected chi connectivity index (χ1v) is 10.9. The summed E-state index contributed by atoms with van der Waals surface area (Å²) in [5, 5.41) is 1.87. The molecular formula is C18H23NO5S2. The maximum Gasteiger partial charge on any atom is 0.306 e. The van der Waals surface area contributed by atoms with Crippen LogP contribution in [0.3, 0.4) is 0 Å². The lowest BCUT2D eigenvalue weighted by molar-refractivity contribution is 0.0676. The van der Waals surface area contributed by atoms with Crippen LogP contribution < -0.4 is 8.92 Å². The normalized spacial score (nSPS) is 12.5. The summed E-state index contributed by atoms with van der Waals surface area (Å²) in [6.07, 6.45) is 1.78. The lowest BCUT2D eigenvalue weighted by atomic mass is 10.1. The molecule has 0 spiro atoms. The van der Waals surface area contributed by atoms with Crippen LogP contribution >= 0.6 is 11.3 Å². The Morgan fingerprint density at radius 2 is 2.00 bits per heavy atom. The fourth-order valence-corrected chi connectivity index (χ4v) is 3.57. The van der Waals surface area contributed by atoms with Crippen LogP contribution in [0.25, 0.3) is 0 Å². The Hall–Kier alpha value is -2.06. The Morgan fingerprint density at radius 1 is 1.27 bits per heavy atom. The summed E-state index contributed by atoms with van der Waals surface area (Å²) < 4.78 is 33.1. The number of hydrogen-bond acceptors (Lipinski definition) is 6. The van der Waals surface area contributed by atoms with E-state index in [0.717, 1.165) is 18.2 Å². The second-order valence-corrected chi connectivity index (χ2v) is 8.46. The zero-order valence-electron chi connectivity index (χ0n) is 15.3. The van der Waals surface area contributed by atoms with Crippen LogP contribution in [0.1, 0.15) is 35.5 Å². The van der Waals surface area contributed by atoms with Gasteiger partial charge in [0.25, 0.3) is 5.91 Å². The van der Waals surface area contributed by atoms with Gasteiger partial charge in [-0.15, -0.1) is 11.3 Å². The molecule has 0 saturated heterocycles. The van der Waals surface area contributed by atoms with Crippen LogP contribution in [0.15, 0.2) is 35.7 Å². The maximum atomic E-state index is 12.8. The summed E-state index contributed by atoms with van der Waals surface area (Å²) in [6, 6.07) is 8.71. The molecule has 0 N–H and O–H groups in total. The molecule has 1 aromatic carbocycles. The summed E-state index contributed by atoms with van der Waals surface area (Å²) in [5.74, 6) is 0.384. The third kappa shape index (κ3) is 5.22. The van der Waals surface area contributed by atoms with Crippen LogP contribution in [0.2, 0.25) is 0 Å². The van der Waals surface area contributed by atoms with Crippen molar-refractivity contribution in [3.05, 3.63) is 46.2 Å². The van der Waals surface area contributed by atoms with E-state index in [2.05, 4.69) is 0 Å². The quantitative estimate of drug-likeness (QED) is 0.637. The molecule has 1 amide bonds. The molecule has 0 fully saturated rings. The van der Waals surface area contributed by atoms with Crippen molar-refractivity contribution in [2.45, 2.75) is 32.9 Å². The SMILES string of the molecule is CC[C@H](C)N(Cc1ccc(OC)c(OS(C)(=O)=O)c1)C(=O)c1cccs1. The fraction of sp³-hybridized carbons (Fsp3) is 0.389. The van der Waals surface area contributed by atoms with Crippen molar-refractivity contribution in [1.29, 1.82) is 0 Å². The van der Waals surface area contributed by atoms with Crippen molar-refractivity contribution >= 4 is 27.4 Å². The van der Waals surface area contributed by atoms with Crippen LogP contribution in [0.5, 0.6) is 11.5 Å². The Bertz CT molecular complexity index is 846. The monoisotopic (exact) mass is 397 g/mol. The molecule has 6 nitrogen and oxygen atoms in total. The van der Waals surface area contributed by atoms with Gasteiger partial charge in [0.1, 0.15) is 0 Å². The Kier molecular flexibility index (Phi) is 6.66. The minimum Gasteiger partial charge on any atom is -0.493 e. The van der Waals surface area contributed by atoms with Crippen LogP contribution in [-0.4, -0.2) is 38.6 Å². The zero-order chi connectivity index (χ0) is 19.3. The van der Waals surface area contributed by atoms with E-state index in [-0.39, 0.29) is 17.7 Å². The number of thiophene rings is 1. The molecule has 1 atom stereocenters. The first-order chi connectivity index (χ1) is 12.2. The molecule has 0 saturated carbocycles. The topological polar surface area (TPSA) is 72.9 Å². The summed E-state index contributed by atoms with van der Waals surface area (Å²) in [6.45, 7) is 4.35. The highest BCUT2D eigenvalue weighted by atomic mass is 32.2. The molecule has 26 heavy (non-hydrogen) atoms. The molecule has 1 heterocycles. The molecule has 0 aliphatic heterocycles. The smallest absolute Gasteiger partial charge is 0.306 e. The molecule has 2 rings (SSSR count). The molecule has 0 aliphatic carbocycles. The van der Waals surface area contributed by atoms with Gasteiger partial charge < -0.3 is 13.8 Å². The van der Waals surface area contributed by atoms with Gasteiger partial charge in [-0.25, -0.2) is 0 Å². The minimum atomic E-state index is -3.69. The van der Waals surface area contributed by atoms with E-state index >= 15 is 0 Å². The zero-order valence-corrected chi connectivity index (χ0v) is 16.9. The molecule has 0 bridgehead atoms. The lowest BCUT2D eigenvalue weighted by Gasteiger charge is -2.28. The number of rotatable bonds is 8. The third-order valence-corrected chi connectivity index (χ3v) is 5.28. The fourth-order valence-electron chi connectivity index (χ4n) is 2.43. The van der Waals surface area contributed by atoms with Gasteiger partial charge in [0.2, 0.25) is 0 Å². The summed E-state index contributed by atoms with van der Waals surface area (Å²) >= 11 is 1.40. The van der Waals surface area contributed by atoms with Crippen molar-refractivity contribution in [2.24, 2.45) is 0 Å². The van der Waals surface area contributed by atoms with E-state index in [9.17, 15) is 13.2 Å². The van der Waals surface area contributed by atoms with E-state index in [4.69, 9.17) is 8.92 Å². The third-order valence-electron chi connectivity index (χ3n) is 3.94. The summed E-state index contributed by atoms with van der Waals surface area (Å²) in [7, 11) is -2.25. The van der Waals surface area contributed by atoms with Gasteiger partial charge >= 0.3 is 10.1 Å². The van der Waals surface area contributed by atoms with Crippen molar-refractivity contribution in [2.75, 3.05) is 13.4 Å². The number of amides is 1. The first-order valence-electron chi connectivity index (χ1n) is 8.16. The van der Waals surface area contributed by atoms with E-state index in [1.54, 1.807) is 29.2 Å².